The zero-order chi connectivity index (χ0) is 33.3. The highest BCUT2D eigenvalue weighted by atomic mass is 32.2. The van der Waals surface area contributed by atoms with E-state index in [9.17, 15) is 39.6 Å². The number of nitrogens with zero attached hydrogens (tertiary/aromatic N) is 5. The number of aliphatic carboxylic acids is 2. The Morgan fingerprint density at radius 1 is 1.17 bits per heavy atom. The van der Waals surface area contributed by atoms with E-state index in [0.717, 1.165) is 46.2 Å². The third kappa shape index (κ3) is 6.55. The van der Waals surface area contributed by atoms with Gasteiger partial charge in [-0.15, -0.1) is 23.1 Å². The van der Waals surface area contributed by atoms with Crippen LogP contribution in [-0.4, -0.2) is 87.6 Å². The Balaban J connectivity index is 1.35. The van der Waals surface area contributed by atoms with E-state index in [2.05, 4.69) is 25.4 Å². The number of aromatic hydroxyl groups is 1. The molecule has 0 unspecified atom stereocenters. The molecule has 240 valence electrons. The maximum Gasteiger partial charge on any atom is 0.352 e. The molecule has 21 heteroatoms. The van der Waals surface area contributed by atoms with Crippen LogP contribution in [0.15, 0.2) is 51.2 Å². The first-order valence-corrected chi connectivity index (χ1v) is 15.7. The van der Waals surface area contributed by atoms with Crippen molar-refractivity contribution in [3.05, 3.63) is 52.2 Å². The minimum Gasteiger partial charge on any atom is -0.870 e. The summed E-state index contributed by atoms with van der Waals surface area (Å²) in [6.07, 6.45) is -1.85. The fraction of sp³-hybridized carbons (Fsp3) is 0.200. The molecule has 2 aliphatic rings. The second-order valence-corrected chi connectivity index (χ2v) is 12.4. The van der Waals surface area contributed by atoms with Crippen molar-refractivity contribution in [2.75, 3.05) is 28.7 Å². The molecular formula is C25H22N9O9S3-. The number of aromatic nitrogens is 3. The number of carbonyl (C=O) groups excluding carboxylic acids is 2. The molecule has 0 spiro atoms. The van der Waals surface area contributed by atoms with Crippen molar-refractivity contribution < 1.29 is 44.4 Å². The molecule has 3 atom stereocenters. The summed E-state index contributed by atoms with van der Waals surface area (Å²) in [5, 5.41) is 47.9. The van der Waals surface area contributed by atoms with Crippen LogP contribution in [0.25, 0.3) is 0 Å². The van der Waals surface area contributed by atoms with Gasteiger partial charge in [-0.3, -0.25) is 14.5 Å². The van der Waals surface area contributed by atoms with Crippen LogP contribution in [0, 0.1) is 0 Å². The number of anilines is 3. The quantitative estimate of drug-likeness (QED) is 0.0440. The Morgan fingerprint density at radius 2 is 1.89 bits per heavy atom. The molecule has 46 heavy (non-hydrogen) atoms. The molecule has 1 fully saturated rings. The summed E-state index contributed by atoms with van der Waals surface area (Å²) < 4.78 is 0. The number of amides is 2. The lowest BCUT2D eigenvalue weighted by Gasteiger charge is -2.49. The topological polar surface area (TPSA) is 306 Å². The largest absolute Gasteiger partial charge is 0.870 e. The lowest BCUT2D eigenvalue weighted by molar-refractivity contribution is -0.270. The van der Waals surface area contributed by atoms with E-state index in [-0.39, 0.29) is 50.4 Å². The predicted molar refractivity (Wildman–Crippen MR) is 163 cm³/mol. The number of thioether (sulfide) groups is 2. The number of thiazole rings is 1. The lowest BCUT2D eigenvalue weighted by Crippen LogP contribution is -2.71. The minimum atomic E-state index is -1.85. The molecule has 1 saturated heterocycles. The Bertz CT molecular complexity index is 1800. The van der Waals surface area contributed by atoms with Crippen LogP contribution in [0.1, 0.15) is 17.4 Å². The average Bonchev–Trinajstić information content (AvgIpc) is 3.42. The van der Waals surface area contributed by atoms with Crippen LogP contribution >= 0.6 is 34.9 Å². The van der Waals surface area contributed by atoms with E-state index in [1.54, 1.807) is 0 Å². The molecule has 4 heterocycles. The highest BCUT2D eigenvalue weighted by Crippen LogP contribution is 2.41. The van der Waals surface area contributed by atoms with Gasteiger partial charge in [-0.2, -0.15) is 0 Å². The van der Waals surface area contributed by atoms with E-state index < -0.39 is 58.5 Å². The van der Waals surface area contributed by atoms with Gasteiger partial charge in [-0.25, -0.2) is 24.5 Å². The Morgan fingerprint density at radius 3 is 2.50 bits per heavy atom. The second kappa shape index (κ2) is 13.0. The van der Waals surface area contributed by atoms with Gasteiger partial charge in [0.1, 0.15) is 40.2 Å². The van der Waals surface area contributed by atoms with Crippen LogP contribution in [-0.2, 0) is 24.0 Å². The molecule has 2 amide bonds. The summed E-state index contributed by atoms with van der Waals surface area (Å²) in [5.41, 5.74) is 16.5. The molecule has 1 aromatic carbocycles. The number of hydrogen-bond donors (Lipinski definition) is 7. The van der Waals surface area contributed by atoms with Crippen LogP contribution in [0.3, 0.4) is 0 Å². The number of oxime groups is 1. The van der Waals surface area contributed by atoms with E-state index in [1.807, 2.05) is 0 Å². The van der Waals surface area contributed by atoms with Gasteiger partial charge in [0.25, 0.3) is 11.8 Å². The standard InChI is InChI=1S/C25H23N9O9S3/c26-13-4-14(27)31-25(30-13)46-6-9-5-44-21-16(20(38)34(21)17(9)22(39)40)32-19(37)15(10-7-45-24(28)29-10)33-43-18(23(41)42)8-1-2-11(35)12(36)3-8/h1-4,7,16,18,21,35-36H,5-6H2,(H2,28,29)(H,32,37)(H,39,40)(H,41,42)(H4,26,27,30,31)/p-1/b33-15+/t16-,18-,21-/m1/s1. The van der Waals surface area contributed by atoms with Crippen molar-refractivity contribution in [3.63, 3.8) is 0 Å². The lowest BCUT2D eigenvalue weighted by atomic mass is 10.0. The third-order valence-electron chi connectivity index (χ3n) is 6.40. The van der Waals surface area contributed by atoms with Crippen molar-refractivity contribution in [1.82, 2.24) is 25.2 Å². The number of phenolic OH excluding ortho intramolecular Hbond substituents is 1. The first-order valence-electron chi connectivity index (χ1n) is 12.8. The SMILES string of the molecule is Nc1cc(N)nc(SCC2=C(C(=O)O)N3C(=O)[C@@H](NC(=O)/C(=N/O[C@@H](C(=O)O)c4ccc([O-])c(O)c4)c4csc(N)n4)[C@H]3SC2)n1. The van der Waals surface area contributed by atoms with Crippen LogP contribution in [0.5, 0.6) is 11.5 Å². The number of phenols is 1. The highest BCUT2D eigenvalue weighted by Gasteiger charge is 2.54. The summed E-state index contributed by atoms with van der Waals surface area (Å²) in [7, 11) is 0. The minimum absolute atomic E-state index is 0.0443. The number of β-lactam (4-membered cyclic amide) rings is 1. The van der Waals surface area contributed by atoms with Crippen LogP contribution in [0.2, 0.25) is 0 Å². The zero-order valence-corrected chi connectivity index (χ0v) is 25.5. The van der Waals surface area contributed by atoms with Crippen molar-refractivity contribution in [3.8, 4) is 11.5 Å². The Labute approximate surface area is 270 Å². The maximum atomic E-state index is 13.4. The monoisotopic (exact) mass is 688 g/mol. The summed E-state index contributed by atoms with van der Waals surface area (Å²) in [5.74, 6) is -5.51. The number of carbonyl (C=O) groups is 4. The average molecular weight is 689 g/mol. The Hall–Kier alpha value is -5.28. The van der Waals surface area contributed by atoms with Gasteiger partial charge in [0.15, 0.2) is 16.0 Å². The Kier molecular flexibility index (Phi) is 9.07. The molecule has 0 bridgehead atoms. The summed E-state index contributed by atoms with van der Waals surface area (Å²) in [4.78, 5) is 69.1. The van der Waals surface area contributed by atoms with Gasteiger partial charge in [-0.1, -0.05) is 34.8 Å². The molecule has 0 radical (unpaired) electrons. The van der Waals surface area contributed by atoms with Crippen molar-refractivity contribution in [1.29, 1.82) is 0 Å². The number of carboxylic acids is 2. The summed E-state index contributed by atoms with van der Waals surface area (Å²) >= 11 is 3.24. The molecule has 10 N–H and O–H groups in total. The molecular weight excluding hydrogens is 667 g/mol. The summed E-state index contributed by atoms with van der Waals surface area (Å²) in [6.45, 7) is 0. The summed E-state index contributed by atoms with van der Waals surface area (Å²) in [6, 6.07) is 3.11. The van der Waals surface area contributed by atoms with Crippen molar-refractivity contribution in [2.45, 2.75) is 22.7 Å². The molecule has 0 saturated carbocycles. The number of nitrogen functional groups attached to an aromatic ring is 3. The smallest absolute Gasteiger partial charge is 0.352 e. The molecule has 2 aromatic heterocycles. The molecule has 18 nitrogen and oxygen atoms in total. The van der Waals surface area contributed by atoms with Crippen LogP contribution in [0.4, 0.5) is 16.8 Å². The third-order valence-corrected chi connectivity index (χ3v) is 9.34. The number of hydrogen-bond acceptors (Lipinski definition) is 17. The first-order chi connectivity index (χ1) is 21.8. The van der Waals surface area contributed by atoms with Crippen molar-refractivity contribution in [2.24, 2.45) is 5.16 Å². The van der Waals surface area contributed by atoms with Gasteiger partial charge in [-0.05, 0) is 11.6 Å². The van der Waals surface area contributed by atoms with Gasteiger partial charge in [0, 0.05) is 28.5 Å². The fourth-order valence-corrected chi connectivity index (χ4v) is 7.24. The first kappa shape index (κ1) is 32.1. The van der Waals surface area contributed by atoms with Gasteiger partial charge in [0.2, 0.25) is 6.10 Å². The number of benzene rings is 1. The molecule has 3 aromatic rings. The van der Waals surface area contributed by atoms with E-state index in [4.69, 9.17) is 22.0 Å². The highest BCUT2D eigenvalue weighted by molar-refractivity contribution is 8.01. The molecule has 2 aliphatic heterocycles. The van der Waals surface area contributed by atoms with Crippen LogP contribution < -0.4 is 27.6 Å². The fourth-order valence-electron chi connectivity index (χ4n) is 4.33. The normalized spacial score (nSPS) is 18.4. The van der Waals surface area contributed by atoms with E-state index >= 15 is 0 Å². The molecule has 5 rings (SSSR count). The van der Waals surface area contributed by atoms with E-state index in [0.29, 0.717) is 5.57 Å². The van der Waals surface area contributed by atoms with Gasteiger partial charge >= 0.3 is 11.9 Å². The number of fused-ring (bicyclic) bond motifs is 1. The molecule has 0 aliphatic carbocycles. The number of rotatable bonds is 11. The van der Waals surface area contributed by atoms with E-state index in [1.165, 1.54) is 23.2 Å². The predicted octanol–water partition coefficient (Wildman–Crippen LogP) is -0.464. The number of carboxylic acid groups (broad SMARTS) is 2. The zero-order valence-electron chi connectivity index (χ0n) is 23.0. The van der Waals surface area contributed by atoms with Gasteiger partial charge in [0.05, 0.1) is 0 Å². The maximum absolute atomic E-state index is 13.4. The number of nitrogens with one attached hydrogen (secondary N) is 1. The second-order valence-electron chi connectivity index (χ2n) is 9.47. The van der Waals surface area contributed by atoms with Gasteiger partial charge < -0.3 is 47.8 Å². The number of nitrogens with two attached hydrogens (primary N) is 3. The van der Waals surface area contributed by atoms with Crippen molar-refractivity contribution >= 4 is 81.1 Å².